The van der Waals surface area contributed by atoms with Crippen LogP contribution in [-0.2, 0) is 0 Å². The van der Waals surface area contributed by atoms with E-state index >= 15 is 0 Å². The zero-order valence-corrected chi connectivity index (χ0v) is 15.1. The third kappa shape index (κ3) is 4.49. The second-order valence-corrected chi connectivity index (χ2v) is 8.69. The summed E-state index contributed by atoms with van der Waals surface area (Å²) in [4.78, 5) is 2.89. The van der Waals surface area contributed by atoms with Gasteiger partial charge in [-0.05, 0) is 43.4 Å². The van der Waals surface area contributed by atoms with Crippen molar-refractivity contribution in [1.29, 1.82) is 0 Å². The first-order valence-electron chi connectivity index (χ1n) is 10.6. The molecule has 4 rings (SSSR count). The van der Waals surface area contributed by atoms with Crippen molar-refractivity contribution in [2.24, 2.45) is 17.8 Å². The van der Waals surface area contributed by atoms with Crippen LogP contribution in [0.1, 0.15) is 96.8 Å². The predicted molar refractivity (Wildman–Crippen MR) is 96.1 cm³/mol. The van der Waals surface area contributed by atoms with Gasteiger partial charge in [-0.25, -0.2) is 0 Å². The Morgan fingerprint density at radius 3 is 1.77 bits per heavy atom. The Hall–Kier alpha value is -0.0400. The average Bonchev–Trinajstić information content (AvgIpc) is 2.50. The second kappa shape index (κ2) is 8.71. The number of unbranched alkanes of at least 4 members (excludes halogenated alkanes) is 9. The van der Waals surface area contributed by atoms with Crippen LogP contribution in [0.5, 0.6) is 0 Å². The molecule has 0 N–H and O–H groups in total. The van der Waals surface area contributed by atoms with Crippen molar-refractivity contribution in [1.82, 2.24) is 4.90 Å². The summed E-state index contributed by atoms with van der Waals surface area (Å²) in [6.45, 7) is 5.21. The van der Waals surface area contributed by atoms with Gasteiger partial charge < -0.3 is 0 Å². The summed E-state index contributed by atoms with van der Waals surface area (Å²) in [5.74, 6) is 3.26. The first-order valence-corrected chi connectivity index (χ1v) is 10.6. The molecule has 3 unspecified atom stereocenters. The van der Waals surface area contributed by atoms with Crippen LogP contribution in [0.2, 0.25) is 0 Å². The Bertz CT molecular complexity index is 283. The third-order valence-electron chi connectivity index (χ3n) is 6.79. The highest BCUT2D eigenvalue weighted by molar-refractivity contribution is 4.99. The van der Waals surface area contributed by atoms with E-state index in [1.54, 1.807) is 19.3 Å². The molecule has 0 amide bonds. The number of nitrogens with zero attached hydrogens (tertiary/aromatic N) is 1. The van der Waals surface area contributed by atoms with E-state index in [2.05, 4.69) is 11.8 Å². The van der Waals surface area contributed by atoms with Gasteiger partial charge in [-0.1, -0.05) is 71.1 Å². The molecule has 3 atom stereocenters. The van der Waals surface area contributed by atoms with Gasteiger partial charge in [0.1, 0.15) is 0 Å². The van der Waals surface area contributed by atoms with Crippen molar-refractivity contribution in [2.75, 3.05) is 13.1 Å². The van der Waals surface area contributed by atoms with Crippen LogP contribution in [0.4, 0.5) is 0 Å². The van der Waals surface area contributed by atoms with Crippen LogP contribution >= 0.6 is 0 Å². The van der Waals surface area contributed by atoms with Crippen LogP contribution in [0.3, 0.4) is 0 Å². The molecule has 4 fully saturated rings. The molecule has 4 aliphatic rings. The summed E-state index contributed by atoms with van der Waals surface area (Å²) in [6.07, 6.45) is 21.0. The molecule has 0 aromatic heterocycles. The highest BCUT2D eigenvalue weighted by Gasteiger charge is 2.46. The van der Waals surface area contributed by atoms with Crippen LogP contribution in [0.15, 0.2) is 0 Å². The fourth-order valence-electron chi connectivity index (χ4n) is 5.79. The highest BCUT2D eigenvalue weighted by Crippen LogP contribution is 2.47. The summed E-state index contributed by atoms with van der Waals surface area (Å²) in [5, 5.41) is 0. The SMILES string of the molecule is CCCCCCCCCCCCC1C2CC3CC(C2)CN1C3. The smallest absolute Gasteiger partial charge is 0.0124 e. The van der Waals surface area contributed by atoms with Crippen LogP contribution < -0.4 is 0 Å². The fourth-order valence-corrected chi connectivity index (χ4v) is 5.79. The molecule has 1 heteroatoms. The molecule has 1 nitrogen and oxygen atoms in total. The molecule has 0 aromatic carbocycles. The topological polar surface area (TPSA) is 3.24 Å². The molecule has 128 valence electrons. The first-order chi connectivity index (χ1) is 10.9. The minimum atomic E-state index is 0.988. The van der Waals surface area contributed by atoms with Crippen molar-refractivity contribution in [3.8, 4) is 0 Å². The van der Waals surface area contributed by atoms with Crippen molar-refractivity contribution in [3.05, 3.63) is 0 Å². The van der Waals surface area contributed by atoms with E-state index < -0.39 is 0 Å². The van der Waals surface area contributed by atoms with Gasteiger partial charge in [-0.2, -0.15) is 0 Å². The molecule has 3 heterocycles. The lowest BCUT2D eigenvalue weighted by molar-refractivity contribution is -0.0677. The summed E-state index contributed by atoms with van der Waals surface area (Å²) in [7, 11) is 0. The average molecular weight is 306 g/mol. The Balaban J connectivity index is 1.20. The molecule has 0 aromatic rings. The Kier molecular flexibility index (Phi) is 6.65. The van der Waals surface area contributed by atoms with Crippen LogP contribution in [0.25, 0.3) is 0 Å². The molecule has 22 heavy (non-hydrogen) atoms. The third-order valence-corrected chi connectivity index (χ3v) is 6.79. The number of rotatable bonds is 11. The minimum Gasteiger partial charge on any atom is -0.300 e. The summed E-state index contributed by atoms with van der Waals surface area (Å²) in [6, 6.07) is 0.988. The fraction of sp³-hybridized carbons (Fsp3) is 1.00. The quantitative estimate of drug-likeness (QED) is 0.421. The number of hydrogen-bond acceptors (Lipinski definition) is 1. The van der Waals surface area contributed by atoms with Crippen molar-refractivity contribution in [2.45, 2.75) is 103 Å². The van der Waals surface area contributed by atoms with E-state index in [4.69, 9.17) is 0 Å². The summed E-state index contributed by atoms with van der Waals surface area (Å²) in [5.41, 5.74) is 0. The van der Waals surface area contributed by atoms with Crippen molar-refractivity contribution < 1.29 is 0 Å². The Labute approximate surface area is 139 Å². The van der Waals surface area contributed by atoms with Gasteiger partial charge in [0.25, 0.3) is 0 Å². The number of hydrogen-bond donors (Lipinski definition) is 0. The number of piperidine rings is 3. The molecule has 1 aliphatic carbocycles. The standard InChI is InChI=1S/C21H39N/c1-2-3-4-5-6-7-8-9-10-11-12-21-20-14-18-13-19(15-20)17-22(21)16-18/h18-21H,2-17H2,1H3. The molecule has 0 spiro atoms. The van der Waals surface area contributed by atoms with E-state index in [0.29, 0.717) is 0 Å². The molecule has 1 saturated carbocycles. The van der Waals surface area contributed by atoms with E-state index in [9.17, 15) is 0 Å². The zero-order chi connectivity index (χ0) is 15.2. The lowest BCUT2D eigenvalue weighted by Crippen LogP contribution is -2.59. The van der Waals surface area contributed by atoms with E-state index in [1.807, 2.05) is 0 Å². The molecular weight excluding hydrogens is 266 g/mol. The Morgan fingerprint density at radius 1 is 0.682 bits per heavy atom. The van der Waals surface area contributed by atoms with Crippen molar-refractivity contribution in [3.63, 3.8) is 0 Å². The molecule has 3 saturated heterocycles. The second-order valence-electron chi connectivity index (χ2n) is 8.69. The minimum absolute atomic E-state index is 0.988. The maximum Gasteiger partial charge on any atom is 0.0124 e. The Morgan fingerprint density at radius 2 is 1.23 bits per heavy atom. The normalized spacial score (nSPS) is 36.1. The van der Waals surface area contributed by atoms with Crippen molar-refractivity contribution >= 4 is 0 Å². The maximum atomic E-state index is 2.89. The monoisotopic (exact) mass is 305 g/mol. The molecule has 3 aliphatic heterocycles. The van der Waals surface area contributed by atoms with E-state index in [-0.39, 0.29) is 0 Å². The van der Waals surface area contributed by atoms with Crippen LogP contribution in [0, 0.1) is 17.8 Å². The highest BCUT2D eigenvalue weighted by atomic mass is 15.2. The van der Waals surface area contributed by atoms with E-state index in [1.165, 1.54) is 83.7 Å². The van der Waals surface area contributed by atoms with Gasteiger partial charge in [-0.3, -0.25) is 4.90 Å². The maximum absolute atomic E-state index is 2.89. The first kappa shape index (κ1) is 16.8. The molecule has 0 radical (unpaired) electrons. The largest absolute Gasteiger partial charge is 0.300 e. The predicted octanol–water partition coefficient (Wildman–Crippen LogP) is 6.03. The molecule has 4 bridgehead atoms. The lowest BCUT2D eigenvalue weighted by atomic mass is 9.64. The zero-order valence-electron chi connectivity index (χ0n) is 15.1. The lowest BCUT2D eigenvalue weighted by Gasteiger charge is -2.56. The van der Waals surface area contributed by atoms with E-state index in [0.717, 1.165) is 23.8 Å². The summed E-state index contributed by atoms with van der Waals surface area (Å²) < 4.78 is 0. The summed E-state index contributed by atoms with van der Waals surface area (Å²) >= 11 is 0. The van der Waals surface area contributed by atoms with Gasteiger partial charge >= 0.3 is 0 Å². The van der Waals surface area contributed by atoms with Gasteiger partial charge in [0, 0.05) is 19.1 Å². The van der Waals surface area contributed by atoms with Crippen LogP contribution in [-0.4, -0.2) is 24.0 Å². The van der Waals surface area contributed by atoms with Gasteiger partial charge in [0.15, 0.2) is 0 Å². The van der Waals surface area contributed by atoms with Gasteiger partial charge in [0.2, 0.25) is 0 Å². The molecular formula is C21H39N. The van der Waals surface area contributed by atoms with Gasteiger partial charge in [-0.15, -0.1) is 0 Å². The van der Waals surface area contributed by atoms with Gasteiger partial charge in [0.05, 0.1) is 0 Å².